The molecular weight excluding hydrogens is 571 g/mol. The summed E-state index contributed by atoms with van der Waals surface area (Å²) in [7, 11) is 5.12. The smallest absolute Gasteiger partial charge is 0.433 e. The van der Waals surface area contributed by atoms with Crippen molar-refractivity contribution in [1.82, 2.24) is 19.5 Å². The molecule has 0 radical (unpaired) electrons. The van der Waals surface area contributed by atoms with Crippen LogP contribution in [0, 0.1) is 0 Å². The van der Waals surface area contributed by atoms with E-state index in [0.29, 0.717) is 52.6 Å². The number of nitrogens with zero attached hydrogens (tertiary/aromatic N) is 5. The van der Waals surface area contributed by atoms with E-state index in [9.17, 15) is 18.3 Å². The predicted molar refractivity (Wildman–Crippen MR) is 153 cm³/mol. The van der Waals surface area contributed by atoms with E-state index in [4.69, 9.17) is 26.1 Å². The molecule has 0 aliphatic carbocycles. The average molecular weight is 598 g/mol. The topological polar surface area (TPSA) is 85.5 Å². The van der Waals surface area contributed by atoms with Gasteiger partial charge in [0, 0.05) is 44.9 Å². The summed E-state index contributed by atoms with van der Waals surface area (Å²) in [6.07, 6.45) is -0.687. The number of aliphatic hydroxyl groups is 1. The van der Waals surface area contributed by atoms with Crippen molar-refractivity contribution in [2.45, 2.75) is 11.8 Å². The van der Waals surface area contributed by atoms with Crippen LogP contribution in [0.2, 0.25) is 5.02 Å². The minimum absolute atomic E-state index is 0.110. The van der Waals surface area contributed by atoms with Crippen LogP contribution in [0.25, 0.3) is 10.9 Å². The van der Waals surface area contributed by atoms with E-state index in [1.807, 2.05) is 30.1 Å². The number of aryl methyl sites for hydroxylation is 1. The van der Waals surface area contributed by atoms with E-state index in [1.165, 1.54) is 18.6 Å². The van der Waals surface area contributed by atoms with Crippen LogP contribution in [0.15, 0.2) is 79.4 Å². The number of aromatic nitrogens is 4. The van der Waals surface area contributed by atoms with Crippen molar-refractivity contribution in [3.63, 3.8) is 0 Å². The molecule has 5 rings (SSSR count). The van der Waals surface area contributed by atoms with Crippen molar-refractivity contribution < 1.29 is 27.8 Å². The Balaban J connectivity index is 1.70. The first kappa shape index (κ1) is 29.3. The summed E-state index contributed by atoms with van der Waals surface area (Å²) in [5.41, 5.74) is -1.76. The van der Waals surface area contributed by atoms with Gasteiger partial charge in [0.2, 0.25) is 0 Å². The maximum atomic E-state index is 13.3. The Morgan fingerprint density at radius 1 is 1.02 bits per heavy atom. The number of halogens is 4. The van der Waals surface area contributed by atoms with Crippen molar-refractivity contribution in [1.29, 1.82) is 0 Å². The quantitative estimate of drug-likeness (QED) is 0.217. The average Bonchev–Trinajstić information content (AvgIpc) is 3.43. The van der Waals surface area contributed by atoms with Gasteiger partial charge in [-0.15, -0.1) is 0 Å². The SMILES string of the molecule is COCCN(C)c1nc2ccc(C(O)(c3ccc(C(F)(F)F)nc3)c3cncn3C)cc2c(Cl)c1Oc1ccccc1. The number of rotatable bonds is 9. The van der Waals surface area contributed by atoms with E-state index in [-0.39, 0.29) is 10.6 Å². The summed E-state index contributed by atoms with van der Waals surface area (Å²) in [6.45, 7) is 0.951. The highest BCUT2D eigenvalue weighted by atomic mass is 35.5. The van der Waals surface area contributed by atoms with Crippen LogP contribution in [0.5, 0.6) is 11.5 Å². The number of benzene rings is 2. The number of fused-ring (bicyclic) bond motifs is 1. The first-order valence-corrected chi connectivity index (χ1v) is 13.2. The van der Waals surface area contributed by atoms with Crippen LogP contribution in [0.3, 0.4) is 0 Å². The Morgan fingerprint density at radius 3 is 2.38 bits per heavy atom. The predicted octanol–water partition coefficient (Wildman–Crippen LogP) is 6.19. The van der Waals surface area contributed by atoms with Crippen LogP contribution in [0.1, 0.15) is 22.5 Å². The lowest BCUT2D eigenvalue weighted by Gasteiger charge is -2.30. The summed E-state index contributed by atoms with van der Waals surface area (Å²) >= 11 is 7.01. The van der Waals surface area contributed by atoms with Crippen LogP contribution < -0.4 is 9.64 Å². The first-order valence-electron chi connectivity index (χ1n) is 12.8. The highest BCUT2D eigenvalue weighted by molar-refractivity contribution is 6.37. The number of alkyl halides is 3. The van der Waals surface area contributed by atoms with E-state index >= 15 is 0 Å². The van der Waals surface area contributed by atoms with Crippen molar-refractivity contribution in [3.05, 3.63) is 107 Å². The van der Waals surface area contributed by atoms with Gasteiger partial charge in [-0.25, -0.2) is 9.97 Å². The van der Waals surface area contributed by atoms with Crippen LogP contribution in [-0.2, 0) is 23.6 Å². The first-order chi connectivity index (χ1) is 20.0. The third-order valence-electron chi connectivity index (χ3n) is 6.89. The van der Waals surface area contributed by atoms with Crippen LogP contribution >= 0.6 is 11.6 Å². The molecule has 2 aromatic carbocycles. The number of hydrogen-bond acceptors (Lipinski definition) is 7. The fourth-order valence-electron chi connectivity index (χ4n) is 4.65. The van der Waals surface area contributed by atoms with Crippen molar-refractivity contribution in [3.8, 4) is 11.5 Å². The highest BCUT2D eigenvalue weighted by Crippen LogP contribution is 2.44. The molecule has 3 aromatic heterocycles. The highest BCUT2D eigenvalue weighted by Gasteiger charge is 2.39. The van der Waals surface area contributed by atoms with E-state index in [0.717, 1.165) is 12.3 Å². The van der Waals surface area contributed by atoms with Gasteiger partial charge < -0.3 is 24.0 Å². The minimum Gasteiger partial charge on any atom is -0.452 e. The Kier molecular flexibility index (Phi) is 8.09. The van der Waals surface area contributed by atoms with Gasteiger partial charge in [-0.05, 0) is 35.9 Å². The molecule has 1 N–H and O–H groups in total. The van der Waals surface area contributed by atoms with Crippen molar-refractivity contribution in [2.24, 2.45) is 7.05 Å². The van der Waals surface area contributed by atoms with Crippen LogP contribution in [0.4, 0.5) is 19.0 Å². The Labute approximate surface area is 244 Å². The normalized spacial score (nSPS) is 13.2. The largest absolute Gasteiger partial charge is 0.452 e. The van der Waals surface area contributed by atoms with E-state index in [2.05, 4.69) is 9.97 Å². The molecule has 0 saturated heterocycles. The second-order valence-electron chi connectivity index (χ2n) is 9.67. The van der Waals surface area contributed by atoms with Crippen molar-refractivity contribution >= 4 is 28.3 Å². The molecule has 3 heterocycles. The van der Waals surface area contributed by atoms with E-state index < -0.39 is 17.5 Å². The number of methoxy groups -OCH3 is 1. The Morgan fingerprint density at radius 2 is 1.76 bits per heavy atom. The summed E-state index contributed by atoms with van der Waals surface area (Å²) < 4.78 is 52.8. The zero-order valence-corrected chi connectivity index (χ0v) is 23.7. The lowest BCUT2D eigenvalue weighted by molar-refractivity contribution is -0.141. The van der Waals surface area contributed by atoms with Gasteiger partial charge in [0.05, 0.1) is 35.4 Å². The second-order valence-corrected chi connectivity index (χ2v) is 10.0. The molecule has 0 bridgehead atoms. The monoisotopic (exact) mass is 597 g/mol. The van der Waals surface area contributed by atoms with Gasteiger partial charge in [0.1, 0.15) is 11.4 Å². The van der Waals surface area contributed by atoms with Gasteiger partial charge in [-0.2, -0.15) is 13.2 Å². The third-order valence-corrected chi connectivity index (χ3v) is 7.27. The fraction of sp³-hybridized carbons (Fsp3) is 0.233. The molecular formula is C30H27ClF3N5O3. The summed E-state index contributed by atoms with van der Waals surface area (Å²) in [4.78, 5) is 14.4. The van der Waals surface area contributed by atoms with Gasteiger partial charge >= 0.3 is 6.18 Å². The maximum Gasteiger partial charge on any atom is 0.433 e. The number of imidazole rings is 1. The molecule has 0 aliphatic rings. The number of likely N-dealkylation sites (N-methyl/N-ethyl adjacent to an activating group) is 1. The lowest BCUT2D eigenvalue weighted by atomic mass is 9.83. The van der Waals surface area contributed by atoms with Gasteiger partial charge in [0.15, 0.2) is 17.2 Å². The zero-order chi connectivity index (χ0) is 30.1. The molecule has 0 fully saturated rings. The van der Waals surface area contributed by atoms with Gasteiger partial charge in [-0.1, -0.05) is 41.9 Å². The van der Waals surface area contributed by atoms with Crippen LogP contribution in [-0.4, -0.2) is 51.9 Å². The number of para-hydroxylation sites is 1. The molecule has 0 amide bonds. The van der Waals surface area contributed by atoms with E-state index in [1.54, 1.807) is 49.1 Å². The van der Waals surface area contributed by atoms with Crippen molar-refractivity contribution in [2.75, 3.05) is 32.2 Å². The molecule has 0 saturated carbocycles. The summed E-state index contributed by atoms with van der Waals surface area (Å²) in [6, 6.07) is 16.1. The zero-order valence-electron chi connectivity index (χ0n) is 22.9. The molecule has 1 atom stereocenters. The second kappa shape index (κ2) is 11.6. The Hall–Kier alpha value is -4.19. The summed E-state index contributed by atoms with van der Waals surface area (Å²) in [5.74, 6) is 1.32. The minimum atomic E-state index is -4.63. The number of pyridine rings is 2. The Bertz CT molecular complexity index is 1700. The molecule has 8 nitrogen and oxygen atoms in total. The number of anilines is 1. The lowest BCUT2D eigenvalue weighted by Crippen LogP contribution is -2.31. The molecule has 218 valence electrons. The third kappa shape index (κ3) is 5.50. The standard InChI is InChI=1S/C30H27ClF3N5O3/c1-38(13-14-41-3)28-27(42-21-7-5-4-6-8-21)26(31)22-15-19(9-11-23(22)37-28)29(40,25-17-35-18-39(25)2)20-10-12-24(36-16-20)30(32,33)34/h4-12,15-18,40H,13-14H2,1-3H3. The molecule has 0 aliphatic heterocycles. The molecule has 0 spiro atoms. The summed E-state index contributed by atoms with van der Waals surface area (Å²) in [5, 5.41) is 13.0. The molecule has 1 unspecified atom stereocenters. The molecule has 42 heavy (non-hydrogen) atoms. The molecule has 12 heteroatoms. The molecule has 5 aromatic rings. The van der Waals surface area contributed by atoms with Gasteiger partial charge in [0.25, 0.3) is 0 Å². The number of ether oxygens (including phenoxy) is 2. The fourth-order valence-corrected chi connectivity index (χ4v) is 4.93. The maximum absolute atomic E-state index is 13.3. The number of hydrogen-bond donors (Lipinski definition) is 1. The van der Waals surface area contributed by atoms with Gasteiger partial charge in [-0.3, -0.25) is 4.98 Å².